The molecular weight excluding hydrogens is 246 g/mol. The molecule has 5 nitrogen and oxygen atoms in total. The molecule has 0 aliphatic carbocycles. The van der Waals surface area contributed by atoms with Crippen molar-refractivity contribution in [3.05, 3.63) is 23.8 Å². The quantitative estimate of drug-likeness (QED) is 0.570. The second-order valence-corrected chi connectivity index (χ2v) is 3.91. The van der Waals surface area contributed by atoms with Crippen molar-refractivity contribution in [3.8, 4) is 11.5 Å². The molecule has 0 unspecified atom stereocenters. The van der Waals surface area contributed by atoms with E-state index in [1.165, 1.54) is 0 Å². The van der Waals surface area contributed by atoms with Crippen molar-refractivity contribution in [2.24, 2.45) is 0 Å². The number of benzene rings is 1. The largest absolute Gasteiger partial charge is 0.497 e. The van der Waals surface area contributed by atoms with Crippen LogP contribution in [-0.2, 0) is 16.0 Å². The molecule has 19 heavy (non-hydrogen) atoms. The highest BCUT2D eigenvalue weighted by Crippen LogP contribution is 2.24. The number of nitrogens with one attached hydrogen (secondary N) is 1. The average molecular weight is 267 g/mol. The highest BCUT2D eigenvalue weighted by atomic mass is 16.5. The summed E-state index contributed by atoms with van der Waals surface area (Å²) in [6, 6.07) is 5.70. The molecule has 0 bridgehead atoms. The lowest BCUT2D eigenvalue weighted by Crippen LogP contribution is -2.26. The molecule has 0 atom stereocenters. The average Bonchev–Trinajstić information content (AvgIpc) is 2.44. The van der Waals surface area contributed by atoms with Gasteiger partial charge in [0.25, 0.3) is 0 Å². The molecule has 1 aromatic rings. The van der Waals surface area contributed by atoms with Crippen LogP contribution in [0, 0.1) is 0 Å². The summed E-state index contributed by atoms with van der Waals surface area (Å²) in [5.41, 5.74) is 1.07. The van der Waals surface area contributed by atoms with E-state index < -0.39 is 0 Å². The van der Waals surface area contributed by atoms with Gasteiger partial charge in [-0.05, 0) is 31.5 Å². The summed E-state index contributed by atoms with van der Waals surface area (Å²) in [6.45, 7) is 3.11. The van der Waals surface area contributed by atoms with Crippen molar-refractivity contribution in [2.45, 2.75) is 13.3 Å². The van der Waals surface area contributed by atoms with Crippen molar-refractivity contribution < 1.29 is 19.0 Å². The van der Waals surface area contributed by atoms with E-state index in [2.05, 4.69) is 5.32 Å². The van der Waals surface area contributed by atoms with Gasteiger partial charge in [0.15, 0.2) is 0 Å². The van der Waals surface area contributed by atoms with Crippen LogP contribution in [-0.4, -0.2) is 39.9 Å². The molecule has 1 aromatic carbocycles. The zero-order valence-corrected chi connectivity index (χ0v) is 11.7. The van der Waals surface area contributed by atoms with Crippen LogP contribution >= 0.6 is 0 Å². The first-order valence-electron chi connectivity index (χ1n) is 6.28. The number of ether oxygens (including phenoxy) is 3. The van der Waals surface area contributed by atoms with Gasteiger partial charge in [0.2, 0.25) is 0 Å². The predicted octanol–water partition coefficient (Wildman–Crippen LogP) is 1.40. The number of carbonyl (C=O) groups is 1. The summed E-state index contributed by atoms with van der Waals surface area (Å²) in [5.74, 6) is 1.32. The molecule has 0 radical (unpaired) electrons. The maximum absolute atomic E-state index is 11.1. The Kier molecular flexibility index (Phi) is 6.74. The fourth-order valence-electron chi connectivity index (χ4n) is 1.68. The van der Waals surface area contributed by atoms with E-state index in [9.17, 15) is 4.79 Å². The van der Waals surface area contributed by atoms with Crippen molar-refractivity contribution in [1.82, 2.24) is 5.32 Å². The number of carbonyl (C=O) groups excluding carboxylic acids is 1. The number of hydrogen-bond donors (Lipinski definition) is 1. The van der Waals surface area contributed by atoms with Gasteiger partial charge in [-0.2, -0.15) is 0 Å². The Balaban J connectivity index is 2.42. The Hall–Kier alpha value is -1.75. The van der Waals surface area contributed by atoms with Crippen molar-refractivity contribution in [3.63, 3.8) is 0 Å². The van der Waals surface area contributed by atoms with Crippen LogP contribution in [0.15, 0.2) is 18.2 Å². The summed E-state index contributed by atoms with van der Waals surface area (Å²) >= 11 is 0. The SMILES string of the molecule is CCOC(=O)CNCCc1ccc(OC)cc1OC. The lowest BCUT2D eigenvalue weighted by molar-refractivity contribution is -0.141. The standard InChI is InChI=1S/C14H21NO4/c1-4-19-14(16)10-15-8-7-11-5-6-12(17-2)9-13(11)18-3/h5-6,9,15H,4,7-8,10H2,1-3H3. The first-order valence-corrected chi connectivity index (χ1v) is 6.28. The lowest BCUT2D eigenvalue weighted by Gasteiger charge is -2.10. The van der Waals surface area contributed by atoms with Gasteiger partial charge < -0.3 is 19.5 Å². The van der Waals surface area contributed by atoms with E-state index in [4.69, 9.17) is 14.2 Å². The molecule has 0 fully saturated rings. The Morgan fingerprint density at radius 3 is 2.68 bits per heavy atom. The van der Waals surface area contributed by atoms with Gasteiger partial charge in [-0.25, -0.2) is 0 Å². The molecular formula is C14H21NO4. The van der Waals surface area contributed by atoms with Gasteiger partial charge in [0.1, 0.15) is 11.5 Å². The van der Waals surface area contributed by atoms with E-state index in [1.807, 2.05) is 18.2 Å². The third-order valence-corrected chi connectivity index (χ3v) is 2.64. The molecule has 5 heteroatoms. The molecule has 0 aliphatic heterocycles. The summed E-state index contributed by atoms with van der Waals surface area (Å²) in [6.07, 6.45) is 0.770. The minimum atomic E-state index is -0.232. The highest BCUT2D eigenvalue weighted by Gasteiger charge is 2.05. The Morgan fingerprint density at radius 2 is 2.05 bits per heavy atom. The van der Waals surface area contributed by atoms with Gasteiger partial charge in [0, 0.05) is 6.07 Å². The molecule has 0 saturated carbocycles. The van der Waals surface area contributed by atoms with Crippen molar-refractivity contribution in [2.75, 3.05) is 33.9 Å². The Bertz CT molecular complexity index is 406. The fourth-order valence-corrected chi connectivity index (χ4v) is 1.68. The smallest absolute Gasteiger partial charge is 0.319 e. The van der Waals surface area contributed by atoms with Crippen LogP contribution < -0.4 is 14.8 Å². The van der Waals surface area contributed by atoms with E-state index in [-0.39, 0.29) is 12.5 Å². The van der Waals surface area contributed by atoms with E-state index >= 15 is 0 Å². The van der Waals surface area contributed by atoms with Gasteiger partial charge >= 0.3 is 5.97 Å². The second-order valence-electron chi connectivity index (χ2n) is 3.91. The minimum Gasteiger partial charge on any atom is -0.497 e. The maximum atomic E-state index is 11.1. The van der Waals surface area contributed by atoms with Crippen LogP contribution in [0.4, 0.5) is 0 Å². The van der Waals surface area contributed by atoms with Crippen LogP contribution in [0.1, 0.15) is 12.5 Å². The molecule has 106 valence electrons. The first-order chi connectivity index (χ1) is 9.21. The van der Waals surface area contributed by atoms with Gasteiger partial charge in [-0.1, -0.05) is 6.07 Å². The summed E-state index contributed by atoms with van der Waals surface area (Å²) in [4.78, 5) is 11.1. The van der Waals surface area contributed by atoms with Gasteiger partial charge in [-0.3, -0.25) is 4.79 Å². The first kappa shape index (κ1) is 15.3. The van der Waals surface area contributed by atoms with Crippen LogP contribution in [0.3, 0.4) is 0 Å². The molecule has 0 saturated heterocycles. The third-order valence-electron chi connectivity index (χ3n) is 2.64. The second kappa shape index (κ2) is 8.37. The molecule has 1 rings (SSSR count). The molecule has 0 amide bonds. The molecule has 1 N–H and O–H groups in total. The lowest BCUT2D eigenvalue weighted by atomic mass is 10.1. The normalized spacial score (nSPS) is 10.1. The summed E-state index contributed by atoms with van der Waals surface area (Å²) in [5, 5.41) is 3.04. The Morgan fingerprint density at radius 1 is 1.26 bits per heavy atom. The van der Waals surface area contributed by atoms with Crippen LogP contribution in [0.25, 0.3) is 0 Å². The predicted molar refractivity (Wildman–Crippen MR) is 72.8 cm³/mol. The number of rotatable bonds is 8. The summed E-state index contributed by atoms with van der Waals surface area (Å²) < 4.78 is 15.3. The molecule has 0 aromatic heterocycles. The summed E-state index contributed by atoms with van der Waals surface area (Å²) in [7, 11) is 3.25. The monoisotopic (exact) mass is 267 g/mol. The van der Waals surface area contributed by atoms with Gasteiger partial charge in [-0.15, -0.1) is 0 Å². The highest BCUT2D eigenvalue weighted by molar-refractivity contribution is 5.71. The fraction of sp³-hybridized carbons (Fsp3) is 0.500. The van der Waals surface area contributed by atoms with Crippen LogP contribution in [0.2, 0.25) is 0 Å². The van der Waals surface area contributed by atoms with E-state index in [1.54, 1.807) is 21.1 Å². The molecule has 0 heterocycles. The zero-order chi connectivity index (χ0) is 14.1. The zero-order valence-electron chi connectivity index (χ0n) is 11.7. The minimum absolute atomic E-state index is 0.228. The molecule has 0 aliphatic rings. The number of hydrogen-bond acceptors (Lipinski definition) is 5. The van der Waals surface area contributed by atoms with Crippen molar-refractivity contribution in [1.29, 1.82) is 0 Å². The number of methoxy groups -OCH3 is 2. The Labute approximate surface area is 113 Å². The van der Waals surface area contributed by atoms with E-state index in [0.29, 0.717) is 13.2 Å². The van der Waals surface area contributed by atoms with Crippen LogP contribution in [0.5, 0.6) is 11.5 Å². The van der Waals surface area contributed by atoms with Crippen molar-refractivity contribution >= 4 is 5.97 Å². The maximum Gasteiger partial charge on any atom is 0.319 e. The molecule has 0 spiro atoms. The topological polar surface area (TPSA) is 56.8 Å². The third kappa shape index (κ3) is 5.18. The van der Waals surface area contributed by atoms with E-state index in [0.717, 1.165) is 23.5 Å². The van der Waals surface area contributed by atoms with Gasteiger partial charge in [0.05, 0.1) is 27.4 Å². The number of esters is 1.